The molecule has 1 N–H and O–H groups in total. The zero-order valence-electron chi connectivity index (χ0n) is 16.1. The minimum atomic E-state index is 0.0299. The number of urea groups is 1. The Morgan fingerprint density at radius 1 is 1.15 bits per heavy atom. The summed E-state index contributed by atoms with van der Waals surface area (Å²) in [6.07, 6.45) is 0.0945. The lowest BCUT2D eigenvalue weighted by Gasteiger charge is -2.37. The second-order valence-corrected chi connectivity index (χ2v) is 7.64. The summed E-state index contributed by atoms with van der Waals surface area (Å²) in [4.78, 5) is 19.1. The third-order valence-corrected chi connectivity index (χ3v) is 5.02. The maximum Gasteiger partial charge on any atom is 0.317 e. The smallest absolute Gasteiger partial charge is 0.317 e. The summed E-state index contributed by atoms with van der Waals surface area (Å²) >= 11 is 0. The van der Waals surface area contributed by atoms with Crippen LogP contribution in [0.15, 0.2) is 30.3 Å². The van der Waals surface area contributed by atoms with E-state index in [4.69, 9.17) is 4.74 Å². The molecule has 2 amide bonds. The van der Waals surface area contributed by atoms with Crippen LogP contribution in [0.25, 0.3) is 0 Å². The van der Waals surface area contributed by atoms with E-state index in [-0.39, 0.29) is 12.1 Å². The first-order chi connectivity index (χ1) is 12.6. The molecule has 1 aromatic carbocycles. The van der Waals surface area contributed by atoms with Crippen LogP contribution in [-0.4, -0.2) is 80.9 Å². The molecule has 26 heavy (non-hydrogen) atoms. The van der Waals surface area contributed by atoms with E-state index >= 15 is 0 Å². The van der Waals surface area contributed by atoms with E-state index < -0.39 is 0 Å². The number of carbonyl (C=O) groups is 1. The number of benzene rings is 1. The third kappa shape index (κ3) is 5.35. The molecule has 0 spiro atoms. The second-order valence-electron chi connectivity index (χ2n) is 7.64. The van der Waals surface area contributed by atoms with Gasteiger partial charge in [0.05, 0.1) is 12.7 Å². The van der Waals surface area contributed by atoms with Crippen molar-refractivity contribution in [1.82, 2.24) is 15.1 Å². The number of anilines is 1. The van der Waals surface area contributed by atoms with Gasteiger partial charge in [-0.25, -0.2) is 4.79 Å². The topological polar surface area (TPSA) is 48.1 Å². The average molecular weight is 361 g/mol. The van der Waals surface area contributed by atoms with Crippen LogP contribution in [-0.2, 0) is 4.74 Å². The quantitative estimate of drug-likeness (QED) is 0.871. The number of carbonyl (C=O) groups excluding carboxylic acids is 1. The van der Waals surface area contributed by atoms with Gasteiger partial charge in [-0.1, -0.05) is 32.0 Å². The molecule has 2 heterocycles. The molecule has 1 unspecified atom stereocenters. The van der Waals surface area contributed by atoms with E-state index in [0.717, 1.165) is 52.4 Å². The van der Waals surface area contributed by atoms with Gasteiger partial charge in [0, 0.05) is 58.0 Å². The van der Waals surface area contributed by atoms with Crippen molar-refractivity contribution in [2.45, 2.75) is 20.0 Å². The minimum absolute atomic E-state index is 0.0299. The van der Waals surface area contributed by atoms with Crippen LogP contribution in [0.4, 0.5) is 10.5 Å². The van der Waals surface area contributed by atoms with Crippen LogP contribution in [0.3, 0.4) is 0 Å². The molecule has 2 aliphatic rings. The molecular weight excluding hydrogens is 328 g/mol. The van der Waals surface area contributed by atoms with Gasteiger partial charge in [0.2, 0.25) is 0 Å². The van der Waals surface area contributed by atoms with E-state index in [2.05, 4.69) is 53.2 Å². The first kappa shape index (κ1) is 19.0. The van der Waals surface area contributed by atoms with Gasteiger partial charge >= 0.3 is 6.03 Å². The highest BCUT2D eigenvalue weighted by atomic mass is 16.5. The lowest BCUT2D eigenvalue weighted by Crippen LogP contribution is -2.54. The predicted octanol–water partition coefficient (Wildman–Crippen LogP) is 1.87. The highest BCUT2D eigenvalue weighted by Crippen LogP contribution is 2.15. The van der Waals surface area contributed by atoms with E-state index in [9.17, 15) is 4.79 Å². The van der Waals surface area contributed by atoms with E-state index in [0.29, 0.717) is 12.5 Å². The summed E-state index contributed by atoms with van der Waals surface area (Å²) in [5.74, 6) is 0.657. The zero-order valence-corrected chi connectivity index (χ0v) is 16.1. The number of rotatable bonds is 5. The monoisotopic (exact) mass is 360 g/mol. The highest BCUT2D eigenvalue weighted by Gasteiger charge is 2.24. The molecule has 2 fully saturated rings. The summed E-state index contributed by atoms with van der Waals surface area (Å²) in [5, 5.41) is 3.07. The molecule has 1 aromatic rings. The third-order valence-electron chi connectivity index (χ3n) is 5.02. The Morgan fingerprint density at radius 2 is 1.88 bits per heavy atom. The largest absolute Gasteiger partial charge is 0.374 e. The van der Waals surface area contributed by atoms with E-state index in [1.165, 1.54) is 5.69 Å². The Labute approximate surface area is 157 Å². The van der Waals surface area contributed by atoms with Gasteiger partial charge in [-0.15, -0.1) is 0 Å². The number of piperazine rings is 1. The summed E-state index contributed by atoms with van der Waals surface area (Å²) in [6.45, 7) is 12.1. The number of ether oxygens (including phenoxy) is 1. The standard InChI is InChI=1S/C20H32N4O2/c1-17(2)15-22-12-13-26-19(16-22)14-21-20(25)24-10-8-23(9-11-24)18-6-4-3-5-7-18/h3-7,17,19H,8-16H2,1-2H3,(H,21,25). The zero-order chi connectivity index (χ0) is 18.4. The van der Waals surface area contributed by atoms with Crippen LogP contribution in [0.1, 0.15) is 13.8 Å². The van der Waals surface area contributed by atoms with Crippen molar-refractivity contribution in [1.29, 1.82) is 0 Å². The first-order valence-corrected chi connectivity index (χ1v) is 9.78. The Morgan fingerprint density at radius 3 is 2.58 bits per heavy atom. The van der Waals surface area contributed by atoms with Crippen LogP contribution in [0.2, 0.25) is 0 Å². The fraction of sp³-hybridized carbons (Fsp3) is 0.650. The van der Waals surface area contributed by atoms with Crippen LogP contribution >= 0.6 is 0 Å². The number of para-hydroxylation sites is 1. The molecule has 144 valence electrons. The molecule has 6 nitrogen and oxygen atoms in total. The number of hydrogen-bond donors (Lipinski definition) is 1. The van der Waals surface area contributed by atoms with Crippen molar-refractivity contribution in [3.63, 3.8) is 0 Å². The predicted molar refractivity (Wildman–Crippen MR) is 105 cm³/mol. The number of nitrogens with one attached hydrogen (secondary N) is 1. The van der Waals surface area contributed by atoms with Crippen molar-refractivity contribution in [2.75, 3.05) is 63.9 Å². The summed E-state index contributed by atoms with van der Waals surface area (Å²) < 4.78 is 5.82. The van der Waals surface area contributed by atoms with Crippen molar-refractivity contribution in [3.8, 4) is 0 Å². The summed E-state index contributed by atoms with van der Waals surface area (Å²) in [7, 11) is 0. The number of nitrogens with zero attached hydrogens (tertiary/aromatic N) is 3. The van der Waals surface area contributed by atoms with Crippen LogP contribution < -0.4 is 10.2 Å². The Balaban J connectivity index is 1.39. The van der Waals surface area contributed by atoms with Crippen molar-refractivity contribution in [2.24, 2.45) is 5.92 Å². The van der Waals surface area contributed by atoms with Gasteiger partial charge in [0.15, 0.2) is 0 Å². The lowest BCUT2D eigenvalue weighted by molar-refractivity contribution is -0.0294. The molecule has 0 radical (unpaired) electrons. The van der Waals surface area contributed by atoms with Crippen molar-refractivity contribution >= 4 is 11.7 Å². The Kier molecular flexibility index (Phi) is 6.74. The highest BCUT2D eigenvalue weighted by molar-refractivity contribution is 5.74. The average Bonchev–Trinajstić information content (AvgIpc) is 2.67. The van der Waals surface area contributed by atoms with Gasteiger partial charge < -0.3 is 19.9 Å². The second kappa shape index (κ2) is 9.24. The van der Waals surface area contributed by atoms with Crippen LogP contribution in [0, 0.1) is 5.92 Å². The van der Waals surface area contributed by atoms with Crippen molar-refractivity contribution < 1.29 is 9.53 Å². The Bertz CT molecular complexity index is 558. The molecule has 0 saturated carbocycles. The van der Waals surface area contributed by atoms with Gasteiger partial charge in [0.1, 0.15) is 0 Å². The SMILES string of the molecule is CC(C)CN1CCOC(CNC(=O)N2CCN(c3ccccc3)CC2)C1. The molecule has 2 saturated heterocycles. The molecule has 0 aromatic heterocycles. The number of amides is 2. The molecule has 2 aliphatic heterocycles. The first-order valence-electron chi connectivity index (χ1n) is 9.78. The lowest BCUT2D eigenvalue weighted by atomic mass is 10.2. The molecule has 6 heteroatoms. The molecule has 0 aliphatic carbocycles. The van der Waals surface area contributed by atoms with Gasteiger partial charge in [0.25, 0.3) is 0 Å². The fourth-order valence-corrected chi connectivity index (χ4v) is 3.71. The molecular formula is C20H32N4O2. The van der Waals surface area contributed by atoms with Gasteiger partial charge in [-0.2, -0.15) is 0 Å². The minimum Gasteiger partial charge on any atom is -0.374 e. The number of morpholine rings is 1. The summed E-state index contributed by atoms with van der Waals surface area (Å²) in [6, 6.07) is 10.4. The fourth-order valence-electron chi connectivity index (χ4n) is 3.71. The maximum absolute atomic E-state index is 12.5. The molecule has 3 rings (SSSR count). The number of hydrogen-bond acceptors (Lipinski definition) is 4. The summed E-state index contributed by atoms with van der Waals surface area (Å²) in [5.41, 5.74) is 1.23. The molecule has 1 atom stereocenters. The van der Waals surface area contributed by atoms with Crippen LogP contribution in [0.5, 0.6) is 0 Å². The molecule has 0 bridgehead atoms. The Hall–Kier alpha value is -1.79. The van der Waals surface area contributed by atoms with Gasteiger partial charge in [-0.05, 0) is 18.1 Å². The van der Waals surface area contributed by atoms with E-state index in [1.54, 1.807) is 0 Å². The maximum atomic E-state index is 12.5. The van der Waals surface area contributed by atoms with Gasteiger partial charge in [-0.3, -0.25) is 4.90 Å². The van der Waals surface area contributed by atoms with E-state index in [1.807, 2.05) is 11.0 Å². The normalized spacial score (nSPS) is 21.9. The van der Waals surface area contributed by atoms with Crippen molar-refractivity contribution in [3.05, 3.63) is 30.3 Å².